The normalized spacial score (nSPS) is 10.8. The first-order valence-corrected chi connectivity index (χ1v) is 5.10. The number of benzene rings is 1. The van der Waals surface area contributed by atoms with Crippen molar-refractivity contribution in [2.45, 2.75) is 13.3 Å². The molecule has 0 aliphatic rings. The van der Waals surface area contributed by atoms with E-state index in [-0.39, 0.29) is 12.3 Å². The Morgan fingerprint density at radius 2 is 2.27 bits per heavy atom. The van der Waals surface area contributed by atoms with Crippen LogP contribution in [0.25, 0.3) is 10.9 Å². The van der Waals surface area contributed by atoms with Crippen LogP contribution in [0.15, 0.2) is 24.4 Å². The third kappa shape index (κ3) is 1.55. The standard InChI is InChI=1S/C12H14N2O/c1-2-8-4-3-5-9-10(11(15)6-13)7-14-12(8)9/h3-5,7,14H,2,6,13H2,1H3. The van der Waals surface area contributed by atoms with Crippen LogP contribution in [-0.4, -0.2) is 17.3 Å². The molecule has 15 heavy (non-hydrogen) atoms. The monoisotopic (exact) mass is 202 g/mol. The number of nitrogens with two attached hydrogens (primary N) is 1. The SMILES string of the molecule is CCc1cccc2c(C(=O)CN)c[nH]c12. The number of ketones is 1. The summed E-state index contributed by atoms with van der Waals surface area (Å²) in [6, 6.07) is 5.99. The third-order valence-electron chi connectivity index (χ3n) is 2.67. The highest BCUT2D eigenvalue weighted by atomic mass is 16.1. The lowest BCUT2D eigenvalue weighted by molar-refractivity contribution is 0.100. The lowest BCUT2D eigenvalue weighted by atomic mass is 10.1. The lowest BCUT2D eigenvalue weighted by Crippen LogP contribution is -2.12. The van der Waals surface area contributed by atoms with Gasteiger partial charge in [-0.15, -0.1) is 0 Å². The Bertz CT molecular complexity index is 499. The van der Waals surface area contributed by atoms with Gasteiger partial charge in [-0.05, 0) is 12.0 Å². The molecule has 3 heteroatoms. The van der Waals surface area contributed by atoms with E-state index in [2.05, 4.69) is 18.0 Å². The second kappa shape index (κ2) is 3.87. The predicted octanol–water partition coefficient (Wildman–Crippen LogP) is 1.87. The number of Topliss-reactive ketones (excluding diaryl/α,β-unsaturated/α-hetero) is 1. The fraction of sp³-hybridized carbons (Fsp3) is 0.250. The number of H-pyrrole nitrogens is 1. The van der Waals surface area contributed by atoms with E-state index in [9.17, 15) is 4.79 Å². The molecule has 3 nitrogen and oxygen atoms in total. The summed E-state index contributed by atoms with van der Waals surface area (Å²) in [5, 5.41) is 0.977. The Balaban J connectivity index is 2.66. The maximum atomic E-state index is 11.5. The number of para-hydroxylation sites is 1. The summed E-state index contributed by atoms with van der Waals surface area (Å²) in [7, 11) is 0. The first-order valence-electron chi connectivity index (χ1n) is 5.10. The van der Waals surface area contributed by atoms with Crippen molar-refractivity contribution in [2.24, 2.45) is 5.73 Å². The Labute approximate surface area is 88.3 Å². The second-order valence-corrected chi connectivity index (χ2v) is 3.52. The number of nitrogens with one attached hydrogen (secondary N) is 1. The van der Waals surface area contributed by atoms with E-state index < -0.39 is 0 Å². The quantitative estimate of drug-likeness (QED) is 0.746. The van der Waals surface area contributed by atoms with Gasteiger partial charge in [0.25, 0.3) is 0 Å². The van der Waals surface area contributed by atoms with E-state index in [0.717, 1.165) is 17.3 Å². The summed E-state index contributed by atoms with van der Waals surface area (Å²) >= 11 is 0. The van der Waals surface area contributed by atoms with E-state index in [1.54, 1.807) is 6.20 Å². The molecule has 1 heterocycles. The summed E-state index contributed by atoms with van der Waals surface area (Å²) in [5.41, 5.74) is 8.34. The molecular weight excluding hydrogens is 188 g/mol. The summed E-state index contributed by atoms with van der Waals surface area (Å²) < 4.78 is 0. The number of aryl methyl sites for hydroxylation is 1. The van der Waals surface area contributed by atoms with E-state index in [4.69, 9.17) is 5.73 Å². The van der Waals surface area contributed by atoms with Gasteiger partial charge in [-0.25, -0.2) is 0 Å². The maximum absolute atomic E-state index is 11.5. The average molecular weight is 202 g/mol. The molecule has 1 aromatic carbocycles. The first-order chi connectivity index (χ1) is 7.27. The van der Waals surface area contributed by atoms with Crippen LogP contribution < -0.4 is 5.73 Å². The van der Waals surface area contributed by atoms with Gasteiger partial charge in [-0.3, -0.25) is 4.79 Å². The van der Waals surface area contributed by atoms with Crippen LogP contribution >= 0.6 is 0 Å². The molecule has 0 saturated carbocycles. The van der Waals surface area contributed by atoms with Gasteiger partial charge in [0.05, 0.1) is 6.54 Å². The largest absolute Gasteiger partial charge is 0.360 e. The lowest BCUT2D eigenvalue weighted by Gasteiger charge is -1.99. The summed E-state index contributed by atoms with van der Waals surface area (Å²) in [4.78, 5) is 14.7. The molecule has 0 aliphatic heterocycles. The van der Waals surface area contributed by atoms with E-state index in [1.165, 1.54) is 5.56 Å². The van der Waals surface area contributed by atoms with Crippen molar-refractivity contribution in [1.29, 1.82) is 0 Å². The minimum absolute atomic E-state index is 0.0190. The fourth-order valence-electron chi connectivity index (χ4n) is 1.85. The third-order valence-corrected chi connectivity index (χ3v) is 2.67. The van der Waals surface area contributed by atoms with Crippen molar-refractivity contribution in [3.8, 4) is 0 Å². The smallest absolute Gasteiger partial charge is 0.178 e. The van der Waals surface area contributed by atoms with E-state index >= 15 is 0 Å². The number of hydrogen-bond donors (Lipinski definition) is 2. The average Bonchev–Trinajstić information content (AvgIpc) is 2.71. The molecule has 0 amide bonds. The van der Waals surface area contributed by atoms with Gasteiger partial charge in [0.2, 0.25) is 0 Å². The highest BCUT2D eigenvalue weighted by Crippen LogP contribution is 2.22. The fourth-order valence-corrected chi connectivity index (χ4v) is 1.85. The van der Waals surface area contributed by atoms with Crippen molar-refractivity contribution in [3.05, 3.63) is 35.5 Å². The molecule has 1 aromatic heterocycles. The maximum Gasteiger partial charge on any atom is 0.178 e. The van der Waals surface area contributed by atoms with Crippen LogP contribution in [-0.2, 0) is 6.42 Å². The van der Waals surface area contributed by atoms with Crippen LogP contribution in [0.3, 0.4) is 0 Å². The number of fused-ring (bicyclic) bond motifs is 1. The molecule has 0 fully saturated rings. The minimum atomic E-state index is -0.0190. The number of carbonyl (C=O) groups is 1. The summed E-state index contributed by atoms with van der Waals surface area (Å²) in [6.45, 7) is 2.16. The molecule has 0 spiro atoms. The Hall–Kier alpha value is -1.61. The zero-order valence-corrected chi connectivity index (χ0v) is 8.71. The van der Waals surface area contributed by atoms with Crippen LogP contribution in [0.5, 0.6) is 0 Å². The number of rotatable bonds is 3. The Morgan fingerprint density at radius 1 is 1.47 bits per heavy atom. The van der Waals surface area contributed by atoms with E-state index in [1.807, 2.05) is 12.1 Å². The molecule has 0 atom stereocenters. The van der Waals surface area contributed by atoms with Crippen molar-refractivity contribution in [3.63, 3.8) is 0 Å². The highest BCUT2D eigenvalue weighted by molar-refractivity contribution is 6.09. The number of hydrogen-bond acceptors (Lipinski definition) is 2. The second-order valence-electron chi connectivity index (χ2n) is 3.52. The topological polar surface area (TPSA) is 58.9 Å². The van der Waals surface area contributed by atoms with Crippen molar-refractivity contribution < 1.29 is 4.79 Å². The van der Waals surface area contributed by atoms with Gasteiger partial charge < -0.3 is 10.7 Å². The van der Waals surface area contributed by atoms with Gasteiger partial charge in [0.1, 0.15) is 0 Å². The highest BCUT2D eigenvalue weighted by Gasteiger charge is 2.11. The predicted molar refractivity (Wildman–Crippen MR) is 61.1 cm³/mol. The van der Waals surface area contributed by atoms with Gasteiger partial charge in [0.15, 0.2) is 5.78 Å². The van der Waals surface area contributed by atoms with Crippen LogP contribution in [0.2, 0.25) is 0 Å². The molecule has 0 unspecified atom stereocenters. The van der Waals surface area contributed by atoms with Crippen molar-refractivity contribution in [1.82, 2.24) is 4.98 Å². The summed E-state index contributed by atoms with van der Waals surface area (Å²) in [6.07, 6.45) is 2.70. The number of aromatic nitrogens is 1. The van der Waals surface area contributed by atoms with Crippen LogP contribution in [0.4, 0.5) is 0 Å². The molecular formula is C12H14N2O. The molecule has 2 rings (SSSR count). The first kappa shape index (κ1) is 9.93. The van der Waals surface area contributed by atoms with Gasteiger partial charge in [-0.1, -0.05) is 25.1 Å². The van der Waals surface area contributed by atoms with Crippen LogP contribution in [0, 0.1) is 0 Å². The molecule has 0 aliphatic carbocycles. The van der Waals surface area contributed by atoms with Gasteiger partial charge in [0, 0.05) is 22.7 Å². The van der Waals surface area contributed by atoms with Crippen molar-refractivity contribution >= 4 is 16.7 Å². The van der Waals surface area contributed by atoms with Crippen LogP contribution in [0.1, 0.15) is 22.8 Å². The zero-order chi connectivity index (χ0) is 10.8. The zero-order valence-electron chi connectivity index (χ0n) is 8.71. The van der Waals surface area contributed by atoms with Gasteiger partial charge >= 0.3 is 0 Å². The molecule has 0 radical (unpaired) electrons. The molecule has 0 bridgehead atoms. The molecule has 3 N–H and O–H groups in total. The molecule has 78 valence electrons. The van der Waals surface area contributed by atoms with Gasteiger partial charge in [-0.2, -0.15) is 0 Å². The Morgan fingerprint density at radius 3 is 2.93 bits per heavy atom. The number of carbonyl (C=O) groups excluding carboxylic acids is 1. The minimum Gasteiger partial charge on any atom is -0.360 e. The summed E-state index contributed by atoms with van der Waals surface area (Å²) in [5.74, 6) is -0.0190. The molecule has 2 aromatic rings. The molecule has 0 saturated heterocycles. The number of aromatic amines is 1. The van der Waals surface area contributed by atoms with E-state index in [0.29, 0.717) is 5.56 Å². The Kier molecular flexibility index (Phi) is 2.56. The van der Waals surface area contributed by atoms with Crippen molar-refractivity contribution in [2.75, 3.05) is 6.54 Å².